The van der Waals surface area contributed by atoms with Gasteiger partial charge in [0, 0.05) is 6.54 Å². The maximum atomic E-state index is 11.0. The predicted octanol–water partition coefficient (Wildman–Crippen LogP) is 0.644. The van der Waals surface area contributed by atoms with E-state index in [1.165, 1.54) is 0 Å². The van der Waals surface area contributed by atoms with Crippen LogP contribution in [0.2, 0.25) is 0 Å². The molecule has 0 amide bonds. The molecule has 1 rings (SSSR count). The predicted molar refractivity (Wildman–Crippen MR) is 46.9 cm³/mol. The number of hydrogen-bond acceptors (Lipinski definition) is 3. The van der Waals surface area contributed by atoms with Crippen molar-refractivity contribution in [3.8, 4) is 0 Å². The Morgan fingerprint density at radius 3 is 2.45 bits per heavy atom. The van der Waals surface area contributed by atoms with Crippen LogP contribution >= 0.6 is 0 Å². The van der Waals surface area contributed by atoms with Gasteiger partial charge in [0.25, 0.3) is 0 Å². The van der Waals surface area contributed by atoms with Gasteiger partial charge in [-0.3, -0.25) is 0 Å². The summed E-state index contributed by atoms with van der Waals surface area (Å²) >= 11 is -1.26. The largest absolute Gasteiger partial charge is 0.579 e. The van der Waals surface area contributed by atoms with Crippen LogP contribution in [0.25, 0.3) is 0 Å². The lowest BCUT2D eigenvalue weighted by Gasteiger charge is -2.21. The van der Waals surface area contributed by atoms with E-state index in [9.17, 15) is 4.55 Å². The van der Waals surface area contributed by atoms with Crippen LogP contribution in [0.4, 0.5) is 0 Å². The van der Waals surface area contributed by atoms with E-state index in [0.717, 1.165) is 19.4 Å². The van der Waals surface area contributed by atoms with Crippen molar-refractivity contribution in [2.75, 3.05) is 6.54 Å². The van der Waals surface area contributed by atoms with Crippen LogP contribution in [0.15, 0.2) is 0 Å². The van der Waals surface area contributed by atoms with Crippen molar-refractivity contribution in [1.82, 2.24) is 4.31 Å². The minimum Gasteiger partial charge on any atom is -0.579 e. The first kappa shape index (κ1) is 9.32. The van der Waals surface area contributed by atoms with Crippen molar-refractivity contribution in [2.45, 2.75) is 32.7 Å². The molecule has 0 aromatic rings. The fourth-order valence-corrected chi connectivity index (χ4v) is 2.04. The lowest BCUT2D eigenvalue weighted by Crippen LogP contribution is -2.40. The minimum atomic E-state index is -1.26. The summed E-state index contributed by atoms with van der Waals surface area (Å²) in [7, 11) is 0. The summed E-state index contributed by atoms with van der Waals surface area (Å²) in [6, 6.07) is 0.503. The Kier molecular flexibility index (Phi) is 3.18. The Bertz CT molecular complexity index is 124. The third-order valence-corrected chi connectivity index (χ3v) is 2.64. The zero-order valence-electron chi connectivity index (χ0n) is 7.12. The van der Waals surface area contributed by atoms with Gasteiger partial charge in [0.2, 0.25) is 0 Å². The summed E-state index contributed by atoms with van der Waals surface area (Å²) in [5, 5.41) is 5.32. The summed E-state index contributed by atoms with van der Waals surface area (Å²) in [5.41, 5.74) is 0. The molecule has 0 saturated heterocycles. The molecular formula is C7H16N2OS. The van der Waals surface area contributed by atoms with Gasteiger partial charge in [-0.15, -0.1) is 9.44 Å². The Morgan fingerprint density at radius 2 is 2.18 bits per heavy atom. The van der Waals surface area contributed by atoms with Gasteiger partial charge >= 0.3 is 0 Å². The quantitative estimate of drug-likeness (QED) is 0.640. The second-order valence-corrected chi connectivity index (χ2v) is 4.52. The molecule has 66 valence electrons. The third kappa shape index (κ3) is 2.99. The molecule has 0 aromatic carbocycles. The van der Waals surface area contributed by atoms with Crippen LogP contribution in [0.5, 0.6) is 0 Å². The highest BCUT2D eigenvalue weighted by Crippen LogP contribution is 2.28. The van der Waals surface area contributed by atoms with E-state index in [0.29, 0.717) is 12.0 Å². The normalized spacial score (nSPS) is 21.3. The molecule has 4 heteroatoms. The SMILES string of the molecule is CC(C)CN(C1CC1)[S+](N)[O-]. The van der Waals surface area contributed by atoms with E-state index < -0.39 is 11.5 Å². The van der Waals surface area contributed by atoms with Crippen LogP contribution in [0.1, 0.15) is 26.7 Å². The molecule has 1 atom stereocenters. The van der Waals surface area contributed by atoms with E-state index in [2.05, 4.69) is 13.8 Å². The minimum absolute atomic E-state index is 0.503. The summed E-state index contributed by atoms with van der Waals surface area (Å²) < 4.78 is 12.9. The second kappa shape index (κ2) is 3.76. The molecule has 0 spiro atoms. The lowest BCUT2D eigenvalue weighted by molar-refractivity contribution is 0.360. The van der Waals surface area contributed by atoms with Crippen molar-refractivity contribution >= 4 is 11.5 Å². The van der Waals surface area contributed by atoms with Crippen LogP contribution in [0, 0.1) is 5.92 Å². The molecule has 0 aromatic heterocycles. The van der Waals surface area contributed by atoms with Gasteiger partial charge in [-0.1, -0.05) is 13.8 Å². The topological polar surface area (TPSA) is 52.3 Å². The summed E-state index contributed by atoms with van der Waals surface area (Å²) in [6.45, 7) is 5.08. The molecule has 1 saturated carbocycles. The van der Waals surface area contributed by atoms with Gasteiger partial charge in [-0.05, 0) is 18.8 Å². The monoisotopic (exact) mass is 176 g/mol. The van der Waals surface area contributed by atoms with Crippen LogP contribution in [-0.2, 0) is 11.5 Å². The molecule has 1 fully saturated rings. The first-order valence-electron chi connectivity index (χ1n) is 4.04. The highest BCUT2D eigenvalue weighted by molar-refractivity contribution is 7.86. The lowest BCUT2D eigenvalue weighted by atomic mass is 10.2. The third-order valence-electron chi connectivity index (χ3n) is 1.73. The highest BCUT2D eigenvalue weighted by atomic mass is 32.2. The standard InChI is InChI=1S/C7H16N2OS/c1-6(2)5-9(11(8)10)7-3-4-7/h6-7H,3-5,8H2,1-2H3. The van der Waals surface area contributed by atoms with Gasteiger partial charge < -0.3 is 4.55 Å². The van der Waals surface area contributed by atoms with E-state index in [-0.39, 0.29) is 0 Å². The molecule has 1 unspecified atom stereocenters. The van der Waals surface area contributed by atoms with Crippen molar-refractivity contribution in [1.29, 1.82) is 0 Å². The second-order valence-electron chi connectivity index (χ2n) is 3.50. The van der Waals surface area contributed by atoms with E-state index in [1.54, 1.807) is 0 Å². The Balaban J connectivity index is 2.32. The average Bonchev–Trinajstić information content (AvgIpc) is 2.63. The molecule has 0 radical (unpaired) electrons. The molecule has 0 heterocycles. The van der Waals surface area contributed by atoms with E-state index >= 15 is 0 Å². The zero-order chi connectivity index (χ0) is 8.43. The molecule has 3 nitrogen and oxygen atoms in total. The number of nitrogens with zero attached hydrogens (tertiary/aromatic N) is 1. The maximum Gasteiger partial charge on any atom is 0.135 e. The fourth-order valence-electron chi connectivity index (χ4n) is 1.09. The molecular weight excluding hydrogens is 160 g/mol. The first-order chi connectivity index (χ1) is 5.11. The Labute approximate surface area is 71.4 Å². The van der Waals surface area contributed by atoms with Gasteiger partial charge in [0.15, 0.2) is 0 Å². The van der Waals surface area contributed by atoms with E-state index in [1.807, 2.05) is 4.31 Å². The van der Waals surface area contributed by atoms with Crippen LogP contribution < -0.4 is 5.14 Å². The molecule has 0 aliphatic heterocycles. The molecule has 0 bridgehead atoms. The number of nitrogens with two attached hydrogens (primary N) is 1. The highest BCUT2D eigenvalue weighted by Gasteiger charge is 2.36. The summed E-state index contributed by atoms with van der Waals surface area (Å²) in [4.78, 5) is 0. The maximum absolute atomic E-state index is 11.0. The number of hydrogen-bond donors (Lipinski definition) is 1. The van der Waals surface area contributed by atoms with Crippen molar-refractivity contribution < 1.29 is 4.55 Å². The Hall–Kier alpha value is 0.230. The smallest absolute Gasteiger partial charge is 0.135 e. The Morgan fingerprint density at radius 1 is 1.64 bits per heavy atom. The van der Waals surface area contributed by atoms with E-state index in [4.69, 9.17) is 5.14 Å². The molecule has 11 heavy (non-hydrogen) atoms. The molecule has 2 N–H and O–H groups in total. The molecule has 1 aliphatic rings. The summed E-state index contributed by atoms with van der Waals surface area (Å²) in [6.07, 6.45) is 2.32. The first-order valence-corrected chi connectivity index (χ1v) is 5.21. The van der Waals surface area contributed by atoms with Gasteiger partial charge in [-0.2, -0.15) is 0 Å². The van der Waals surface area contributed by atoms with Crippen molar-refractivity contribution in [3.63, 3.8) is 0 Å². The number of rotatable bonds is 4. The zero-order valence-corrected chi connectivity index (χ0v) is 7.93. The van der Waals surface area contributed by atoms with Gasteiger partial charge in [-0.25, -0.2) is 0 Å². The van der Waals surface area contributed by atoms with Gasteiger partial charge in [0.05, 0.1) is 6.04 Å². The van der Waals surface area contributed by atoms with Crippen molar-refractivity contribution in [2.24, 2.45) is 11.1 Å². The van der Waals surface area contributed by atoms with Crippen LogP contribution in [0.3, 0.4) is 0 Å². The van der Waals surface area contributed by atoms with Crippen LogP contribution in [-0.4, -0.2) is 21.4 Å². The van der Waals surface area contributed by atoms with Crippen molar-refractivity contribution in [3.05, 3.63) is 0 Å². The summed E-state index contributed by atoms with van der Waals surface area (Å²) in [5.74, 6) is 0.545. The average molecular weight is 176 g/mol. The molecule has 1 aliphatic carbocycles. The fraction of sp³-hybridized carbons (Fsp3) is 1.00. The van der Waals surface area contributed by atoms with Gasteiger partial charge in [0.1, 0.15) is 11.5 Å².